The normalized spacial score (nSPS) is 11.9. The summed E-state index contributed by atoms with van der Waals surface area (Å²) in [5.74, 6) is 0.589. The zero-order valence-corrected chi connectivity index (χ0v) is 13.8. The first-order chi connectivity index (χ1) is 9.99. The Labute approximate surface area is 129 Å². The van der Waals surface area contributed by atoms with Crippen molar-refractivity contribution >= 4 is 11.8 Å². The van der Waals surface area contributed by atoms with Gasteiger partial charge in [0.05, 0.1) is 11.3 Å². The van der Waals surface area contributed by atoms with Crippen molar-refractivity contribution in [2.75, 3.05) is 5.75 Å². The smallest absolute Gasteiger partial charge is 0.214 e. The van der Waals surface area contributed by atoms with Crippen LogP contribution in [0.1, 0.15) is 37.8 Å². The SMILES string of the molecule is CCC(O)(CC)CSc1nnnn1-c1ccc(C)cc1C. The molecule has 2 rings (SSSR count). The van der Waals surface area contributed by atoms with Crippen molar-refractivity contribution in [1.29, 1.82) is 0 Å². The van der Waals surface area contributed by atoms with Gasteiger partial charge in [-0.15, -0.1) is 5.10 Å². The highest BCUT2D eigenvalue weighted by Gasteiger charge is 2.24. The molecule has 1 aromatic heterocycles. The second kappa shape index (κ2) is 6.58. The van der Waals surface area contributed by atoms with Gasteiger partial charge in [-0.05, 0) is 48.7 Å². The Morgan fingerprint density at radius 1 is 1.24 bits per heavy atom. The quantitative estimate of drug-likeness (QED) is 0.831. The van der Waals surface area contributed by atoms with Gasteiger partial charge in [0.15, 0.2) is 0 Å². The van der Waals surface area contributed by atoms with Crippen LogP contribution < -0.4 is 0 Å². The topological polar surface area (TPSA) is 63.8 Å². The predicted molar refractivity (Wildman–Crippen MR) is 84.9 cm³/mol. The fourth-order valence-corrected chi connectivity index (χ4v) is 3.27. The van der Waals surface area contributed by atoms with Crippen molar-refractivity contribution in [3.63, 3.8) is 0 Å². The van der Waals surface area contributed by atoms with E-state index in [0.717, 1.165) is 24.1 Å². The second-order valence-electron chi connectivity index (χ2n) is 5.38. The molecule has 0 spiro atoms. The van der Waals surface area contributed by atoms with Crippen molar-refractivity contribution in [2.24, 2.45) is 0 Å². The highest BCUT2D eigenvalue weighted by Crippen LogP contribution is 2.27. The van der Waals surface area contributed by atoms with Gasteiger partial charge in [-0.25, -0.2) is 0 Å². The van der Waals surface area contributed by atoms with E-state index in [1.807, 2.05) is 32.9 Å². The van der Waals surface area contributed by atoms with Crippen LogP contribution in [0.5, 0.6) is 0 Å². The molecule has 5 nitrogen and oxygen atoms in total. The van der Waals surface area contributed by atoms with Crippen LogP contribution in [0.4, 0.5) is 0 Å². The zero-order valence-electron chi connectivity index (χ0n) is 13.0. The van der Waals surface area contributed by atoms with Gasteiger partial charge in [-0.2, -0.15) is 4.68 Å². The number of thioether (sulfide) groups is 1. The molecule has 6 heteroatoms. The first-order valence-corrected chi connectivity index (χ1v) is 8.19. The summed E-state index contributed by atoms with van der Waals surface area (Å²) in [7, 11) is 0. The molecule has 0 unspecified atom stereocenters. The largest absolute Gasteiger partial charge is 0.389 e. The summed E-state index contributed by atoms with van der Waals surface area (Å²) in [6.45, 7) is 8.11. The number of hydrogen-bond acceptors (Lipinski definition) is 5. The van der Waals surface area contributed by atoms with Gasteiger partial charge in [-0.3, -0.25) is 0 Å². The van der Waals surface area contributed by atoms with E-state index in [2.05, 4.69) is 28.5 Å². The van der Waals surface area contributed by atoms with E-state index in [9.17, 15) is 5.11 Å². The van der Waals surface area contributed by atoms with Gasteiger partial charge in [0.2, 0.25) is 5.16 Å². The molecule has 0 aliphatic heterocycles. The van der Waals surface area contributed by atoms with E-state index in [0.29, 0.717) is 10.9 Å². The molecule has 0 saturated heterocycles. The summed E-state index contributed by atoms with van der Waals surface area (Å²) in [6.07, 6.45) is 1.45. The first kappa shape index (κ1) is 16.0. The molecular weight excluding hydrogens is 284 g/mol. The lowest BCUT2D eigenvalue weighted by atomic mass is 10.0. The molecule has 1 N–H and O–H groups in total. The number of hydrogen-bond donors (Lipinski definition) is 1. The molecular formula is C15H22N4OS. The van der Waals surface area contributed by atoms with Gasteiger partial charge >= 0.3 is 0 Å². The van der Waals surface area contributed by atoms with Gasteiger partial charge in [-0.1, -0.05) is 43.3 Å². The third-order valence-electron chi connectivity index (χ3n) is 3.81. The van der Waals surface area contributed by atoms with E-state index in [1.54, 1.807) is 4.68 Å². The van der Waals surface area contributed by atoms with Crippen LogP contribution in [0, 0.1) is 13.8 Å². The van der Waals surface area contributed by atoms with Crippen LogP contribution in [0.3, 0.4) is 0 Å². The van der Waals surface area contributed by atoms with Gasteiger partial charge in [0, 0.05) is 5.75 Å². The average Bonchev–Trinajstić information content (AvgIpc) is 2.93. The average molecular weight is 306 g/mol. The van der Waals surface area contributed by atoms with Crippen LogP contribution in [0.2, 0.25) is 0 Å². The number of tetrazole rings is 1. The van der Waals surface area contributed by atoms with E-state index < -0.39 is 5.60 Å². The minimum absolute atomic E-state index is 0.589. The predicted octanol–water partition coefficient (Wildman–Crippen LogP) is 2.92. The maximum Gasteiger partial charge on any atom is 0.214 e. The molecule has 1 aromatic carbocycles. The van der Waals surface area contributed by atoms with Crippen molar-refractivity contribution < 1.29 is 5.11 Å². The third kappa shape index (κ3) is 3.63. The first-order valence-electron chi connectivity index (χ1n) is 7.20. The standard InChI is InChI=1S/C15H22N4OS/c1-5-15(20,6-2)10-21-14-16-17-18-19(14)13-8-7-11(3)9-12(13)4/h7-9,20H,5-6,10H2,1-4H3. The van der Waals surface area contributed by atoms with Gasteiger partial charge < -0.3 is 5.11 Å². The molecule has 2 aromatic rings. The van der Waals surface area contributed by atoms with E-state index in [4.69, 9.17) is 0 Å². The lowest BCUT2D eigenvalue weighted by Crippen LogP contribution is -2.29. The molecule has 0 aliphatic carbocycles. The van der Waals surface area contributed by atoms with Crippen molar-refractivity contribution in [3.05, 3.63) is 29.3 Å². The van der Waals surface area contributed by atoms with E-state index in [-0.39, 0.29) is 0 Å². The maximum absolute atomic E-state index is 10.4. The molecule has 0 saturated carbocycles. The van der Waals surface area contributed by atoms with Crippen LogP contribution >= 0.6 is 11.8 Å². The molecule has 1 heterocycles. The summed E-state index contributed by atoms with van der Waals surface area (Å²) in [4.78, 5) is 0. The number of aliphatic hydroxyl groups is 1. The Morgan fingerprint density at radius 2 is 1.95 bits per heavy atom. The summed E-state index contributed by atoms with van der Waals surface area (Å²) >= 11 is 1.49. The molecule has 0 atom stereocenters. The summed E-state index contributed by atoms with van der Waals surface area (Å²) in [5, 5.41) is 23.0. The molecule has 0 aliphatic rings. The highest BCUT2D eigenvalue weighted by molar-refractivity contribution is 7.99. The summed E-state index contributed by atoms with van der Waals surface area (Å²) in [5.41, 5.74) is 2.66. The molecule has 0 amide bonds. The Bertz CT molecular complexity index is 607. The lowest BCUT2D eigenvalue weighted by Gasteiger charge is -2.24. The highest BCUT2D eigenvalue weighted by atomic mass is 32.2. The van der Waals surface area contributed by atoms with Crippen molar-refractivity contribution in [1.82, 2.24) is 20.2 Å². The third-order valence-corrected chi connectivity index (χ3v) is 5.00. The maximum atomic E-state index is 10.4. The summed E-state index contributed by atoms with van der Waals surface area (Å²) < 4.78 is 1.74. The number of aromatic nitrogens is 4. The molecule has 21 heavy (non-hydrogen) atoms. The van der Waals surface area contributed by atoms with E-state index >= 15 is 0 Å². The van der Waals surface area contributed by atoms with E-state index in [1.165, 1.54) is 17.3 Å². The Morgan fingerprint density at radius 3 is 2.57 bits per heavy atom. The van der Waals surface area contributed by atoms with Crippen LogP contribution in [0.15, 0.2) is 23.4 Å². The second-order valence-corrected chi connectivity index (χ2v) is 6.33. The van der Waals surface area contributed by atoms with Gasteiger partial charge in [0.25, 0.3) is 0 Å². The molecule has 0 bridgehead atoms. The van der Waals surface area contributed by atoms with Crippen molar-refractivity contribution in [2.45, 2.75) is 51.3 Å². The number of nitrogens with zero attached hydrogens (tertiary/aromatic N) is 4. The fraction of sp³-hybridized carbons (Fsp3) is 0.533. The Balaban J connectivity index is 2.23. The number of benzene rings is 1. The zero-order chi connectivity index (χ0) is 15.5. The molecule has 0 fully saturated rings. The minimum Gasteiger partial charge on any atom is -0.389 e. The van der Waals surface area contributed by atoms with Gasteiger partial charge in [0.1, 0.15) is 0 Å². The van der Waals surface area contributed by atoms with Crippen LogP contribution in [-0.2, 0) is 0 Å². The lowest BCUT2D eigenvalue weighted by molar-refractivity contribution is 0.0571. The minimum atomic E-state index is -0.663. The molecule has 0 radical (unpaired) electrons. The number of rotatable bonds is 6. The molecule has 114 valence electrons. The van der Waals surface area contributed by atoms with Crippen LogP contribution in [-0.4, -0.2) is 36.7 Å². The Kier molecular flexibility index (Phi) is 5.00. The van der Waals surface area contributed by atoms with Crippen molar-refractivity contribution in [3.8, 4) is 5.69 Å². The monoisotopic (exact) mass is 306 g/mol. The van der Waals surface area contributed by atoms with Crippen LogP contribution in [0.25, 0.3) is 5.69 Å². The fourth-order valence-electron chi connectivity index (χ4n) is 2.12. The summed E-state index contributed by atoms with van der Waals surface area (Å²) in [6, 6.07) is 6.18. The Hall–Kier alpha value is -1.40. The number of aryl methyl sites for hydroxylation is 2.